The lowest BCUT2D eigenvalue weighted by molar-refractivity contribution is -0.181. The number of fused-ring (bicyclic) bond motifs is 2. The fourth-order valence-corrected chi connectivity index (χ4v) is 7.27. The van der Waals surface area contributed by atoms with Gasteiger partial charge < -0.3 is 25.5 Å². The first-order valence-electron chi connectivity index (χ1n) is 16.0. The number of phenolic OH excluding ortho intramolecular Hbond substituents is 2. The molecule has 8 heteroatoms. The number of rotatable bonds is 12. The zero-order chi connectivity index (χ0) is 35.2. The van der Waals surface area contributed by atoms with Gasteiger partial charge in [-0.15, -0.1) is 0 Å². The SMILES string of the molecule is C=C(C)[C@H](CC=C(C)C)C[C@@]12C[C@@H](CC=C(C)C)C(C)(C)[C@@](CC(O)C(C)(C)O)(C(=O)C(C(=O)c3ccc(O)c(O)c3)=C1O)C2=O. The Morgan fingerprint density at radius 3 is 2.09 bits per heavy atom. The van der Waals surface area contributed by atoms with Crippen LogP contribution in [-0.2, 0) is 9.59 Å². The van der Waals surface area contributed by atoms with E-state index in [4.69, 9.17) is 0 Å². The van der Waals surface area contributed by atoms with Gasteiger partial charge in [0.1, 0.15) is 16.7 Å². The number of aliphatic hydroxyl groups is 3. The molecule has 46 heavy (non-hydrogen) atoms. The number of allylic oxidation sites excluding steroid dienone is 7. The van der Waals surface area contributed by atoms with Crippen LogP contribution in [0, 0.1) is 28.1 Å². The van der Waals surface area contributed by atoms with Crippen molar-refractivity contribution in [3.63, 3.8) is 0 Å². The second-order valence-corrected chi connectivity index (χ2v) is 15.2. The molecule has 0 spiro atoms. The molecule has 5 atom stereocenters. The summed E-state index contributed by atoms with van der Waals surface area (Å²) in [4.78, 5) is 44.5. The first-order valence-corrected chi connectivity index (χ1v) is 16.0. The molecule has 252 valence electrons. The van der Waals surface area contributed by atoms with Crippen molar-refractivity contribution in [3.05, 3.63) is 70.5 Å². The molecule has 1 unspecified atom stereocenters. The van der Waals surface area contributed by atoms with Crippen molar-refractivity contribution >= 4 is 17.3 Å². The predicted molar refractivity (Wildman–Crippen MR) is 178 cm³/mol. The topological polar surface area (TPSA) is 152 Å². The second-order valence-electron chi connectivity index (χ2n) is 15.2. The zero-order valence-corrected chi connectivity index (χ0v) is 28.8. The summed E-state index contributed by atoms with van der Waals surface area (Å²) in [6.07, 6.45) is 3.26. The Kier molecular flexibility index (Phi) is 10.4. The second kappa shape index (κ2) is 13.0. The maximum atomic E-state index is 15.3. The third kappa shape index (κ3) is 6.39. The van der Waals surface area contributed by atoms with Crippen molar-refractivity contribution in [2.75, 3.05) is 0 Å². The summed E-state index contributed by atoms with van der Waals surface area (Å²) in [5.41, 5.74) is -4.39. The molecule has 8 nitrogen and oxygen atoms in total. The number of aliphatic hydroxyl groups excluding tert-OH is 2. The van der Waals surface area contributed by atoms with E-state index in [1.165, 1.54) is 19.9 Å². The Balaban J connectivity index is 2.49. The Morgan fingerprint density at radius 2 is 1.59 bits per heavy atom. The monoisotopic (exact) mass is 636 g/mol. The Labute approximate surface area is 273 Å². The number of Topliss-reactive ketones (excluding diaryl/α,β-unsaturated/α-hetero) is 3. The number of ketones is 3. The van der Waals surface area contributed by atoms with Crippen LogP contribution in [-0.4, -0.2) is 54.6 Å². The van der Waals surface area contributed by atoms with Crippen molar-refractivity contribution in [3.8, 4) is 11.5 Å². The molecule has 2 bridgehead atoms. The van der Waals surface area contributed by atoms with Gasteiger partial charge in [0, 0.05) is 5.56 Å². The summed E-state index contributed by atoms with van der Waals surface area (Å²) in [6.45, 7) is 20.2. The fourth-order valence-electron chi connectivity index (χ4n) is 7.27. The van der Waals surface area contributed by atoms with Crippen molar-refractivity contribution in [1.82, 2.24) is 0 Å². The van der Waals surface area contributed by atoms with E-state index in [1.807, 2.05) is 46.8 Å². The number of carbonyl (C=O) groups excluding carboxylic acids is 3. The average molecular weight is 637 g/mol. The standard InChI is InChI=1S/C38H52O8/c1-21(2)11-13-25(23(5)6)18-37-19-26(15-12-22(3)4)35(7,8)38(34(37)45,20-29(41)36(9,10)46)33(44)30(32(37)43)31(42)24-14-16-27(39)28(40)17-24/h11-12,14,16-17,25-26,29,39-41,43,46H,5,13,15,18-20H2,1-4,6-10H3/t25-,26-,29?,37-,38+/m1/s1. The summed E-state index contributed by atoms with van der Waals surface area (Å²) in [7, 11) is 0. The molecule has 0 aromatic heterocycles. The van der Waals surface area contributed by atoms with Crippen molar-refractivity contribution in [1.29, 1.82) is 0 Å². The molecule has 1 aromatic carbocycles. The van der Waals surface area contributed by atoms with Crippen molar-refractivity contribution in [2.45, 2.75) is 106 Å². The van der Waals surface area contributed by atoms with E-state index in [2.05, 4.69) is 6.58 Å². The highest BCUT2D eigenvalue weighted by atomic mass is 16.3. The van der Waals surface area contributed by atoms with E-state index < -0.39 is 74.6 Å². The van der Waals surface area contributed by atoms with Crippen molar-refractivity contribution < 1.29 is 39.9 Å². The molecule has 3 rings (SSSR count). The molecule has 0 heterocycles. The highest BCUT2D eigenvalue weighted by Crippen LogP contribution is 2.67. The fraction of sp³-hybridized carbons (Fsp3) is 0.553. The van der Waals surface area contributed by atoms with Gasteiger partial charge in [0.15, 0.2) is 28.8 Å². The molecular formula is C38H52O8. The Hall–Kier alpha value is -3.49. The average Bonchev–Trinajstić information content (AvgIpc) is 2.93. The van der Waals surface area contributed by atoms with Gasteiger partial charge in [0.2, 0.25) is 0 Å². The highest BCUT2D eigenvalue weighted by Gasteiger charge is 2.73. The molecule has 0 aliphatic heterocycles. The molecule has 1 aromatic rings. The van der Waals surface area contributed by atoms with Crippen molar-refractivity contribution in [2.24, 2.45) is 28.1 Å². The van der Waals surface area contributed by atoms with Gasteiger partial charge >= 0.3 is 0 Å². The normalized spacial score (nSPS) is 25.5. The third-order valence-electron chi connectivity index (χ3n) is 10.5. The number of hydrogen-bond donors (Lipinski definition) is 5. The summed E-state index contributed by atoms with van der Waals surface area (Å²) in [5, 5.41) is 54.6. The van der Waals surface area contributed by atoms with Gasteiger partial charge in [-0.05, 0) is 116 Å². The van der Waals surface area contributed by atoms with Crippen LogP contribution in [0.25, 0.3) is 0 Å². The Bertz CT molecular complexity index is 1510. The van der Waals surface area contributed by atoms with Crippen LogP contribution in [0.2, 0.25) is 0 Å². The van der Waals surface area contributed by atoms with Gasteiger partial charge in [-0.2, -0.15) is 0 Å². The zero-order valence-electron chi connectivity index (χ0n) is 28.8. The van der Waals surface area contributed by atoms with E-state index in [-0.39, 0.29) is 30.2 Å². The van der Waals surface area contributed by atoms with E-state index >= 15 is 4.79 Å². The quantitative estimate of drug-likeness (QED) is 0.0537. The lowest BCUT2D eigenvalue weighted by Crippen LogP contribution is -2.68. The molecule has 0 saturated heterocycles. The van der Waals surface area contributed by atoms with Crippen LogP contribution in [0.5, 0.6) is 11.5 Å². The molecule has 0 amide bonds. The molecule has 0 radical (unpaired) electrons. The lowest BCUT2D eigenvalue weighted by atomic mass is 9.39. The van der Waals surface area contributed by atoms with Crippen LogP contribution in [0.3, 0.4) is 0 Å². The number of carbonyl (C=O) groups is 3. The number of hydrogen-bond acceptors (Lipinski definition) is 8. The number of phenols is 2. The predicted octanol–water partition coefficient (Wildman–Crippen LogP) is 7.08. The first-order chi connectivity index (χ1) is 21.0. The smallest absolute Gasteiger partial charge is 0.200 e. The summed E-state index contributed by atoms with van der Waals surface area (Å²) in [6, 6.07) is 3.35. The van der Waals surface area contributed by atoms with Crippen LogP contribution in [0.15, 0.2) is 65.0 Å². The number of benzene rings is 1. The van der Waals surface area contributed by atoms with E-state index in [1.54, 1.807) is 13.8 Å². The molecule has 2 aliphatic rings. The van der Waals surface area contributed by atoms with E-state index in [0.29, 0.717) is 12.8 Å². The van der Waals surface area contributed by atoms with Crippen LogP contribution in [0.4, 0.5) is 0 Å². The maximum Gasteiger partial charge on any atom is 0.200 e. The van der Waals surface area contributed by atoms with E-state index in [0.717, 1.165) is 28.9 Å². The Morgan fingerprint density at radius 1 is 1.00 bits per heavy atom. The third-order valence-corrected chi connectivity index (χ3v) is 10.5. The minimum absolute atomic E-state index is 0.0728. The van der Waals surface area contributed by atoms with Gasteiger partial charge in [-0.1, -0.05) is 49.3 Å². The van der Waals surface area contributed by atoms with Crippen LogP contribution < -0.4 is 0 Å². The molecule has 5 N–H and O–H groups in total. The first kappa shape index (κ1) is 37.0. The minimum Gasteiger partial charge on any atom is -0.510 e. The van der Waals surface area contributed by atoms with Gasteiger partial charge in [0.05, 0.1) is 17.1 Å². The summed E-state index contributed by atoms with van der Waals surface area (Å²) in [5.74, 6) is -4.72. The maximum absolute atomic E-state index is 15.3. The highest BCUT2D eigenvalue weighted by molar-refractivity contribution is 6.35. The number of aromatic hydroxyl groups is 2. The summed E-state index contributed by atoms with van der Waals surface area (Å²) >= 11 is 0. The van der Waals surface area contributed by atoms with Gasteiger partial charge in [0.25, 0.3) is 0 Å². The molecular weight excluding hydrogens is 584 g/mol. The van der Waals surface area contributed by atoms with Gasteiger partial charge in [-0.25, -0.2) is 0 Å². The molecule has 1 saturated carbocycles. The molecule has 1 fully saturated rings. The molecule has 2 aliphatic carbocycles. The van der Waals surface area contributed by atoms with Crippen LogP contribution in [0.1, 0.15) is 105 Å². The minimum atomic E-state index is -2.00. The van der Waals surface area contributed by atoms with E-state index in [9.17, 15) is 35.1 Å². The lowest BCUT2D eigenvalue weighted by Gasteiger charge is -2.61. The van der Waals surface area contributed by atoms with Gasteiger partial charge in [-0.3, -0.25) is 14.4 Å². The largest absolute Gasteiger partial charge is 0.510 e. The van der Waals surface area contributed by atoms with Crippen LogP contribution >= 0.6 is 0 Å². The summed E-state index contributed by atoms with van der Waals surface area (Å²) < 4.78 is 0.